The van der Waals surface area contributed by atoms with Gasteiger partial charge in [-0.15, -0.1) is 0 Å². The molecule has 0 radical (unpaired) electrons. The summed E-state index contributed by atoms with van der Waals surface area (Å²) in [5.41, 5.74) is -0.423. The van der Waals surface area contributed by atoms with Crippen LogP contribution in [-0.2, 0) is 19.1 Å². The first-order valence-electron chi connectivity index (χ1n) is 11.5. The largest absolute Gasteiger partial charge is 0.483 e. The Morgan fingerprint density at radius 3 is 2.48 bits per heavy atom. The zero-order chi connectivity index (χ0) is 23.2. The van der Waals surface area contributed by atoms with E-state index >= 15 is 0 Å². The molecule has 5 nitrogen and oxygen atoms in total. The molecule has 0 saturated carbocycles. The van der Waals surface area contributed by atoms with E-state index in [1.807, 2.05) is 34.6 Å². The fourth-order valence-corrected chi connectivity index (χ4v) is 5.33. The maximum absolute atomic E-state index is 13.6. The highest BCUT2D eigenvalue weighted by Gasteiger charge is 2.58. The van der Waals surface area contributed by atoms with E-state index in [1.165, 1.54) is 6.08 Å². The molecule has 3 aliphatic rings. The van der Waals surface area contributed by atoms with Gasteiger partial charge >= 0.3 is 5.97 Å². The Bertz CT molecular complexity index is 899. The number of unbranched alkanes of at least 4 members (excludes halogenated alkanes) is 3. The molecule has 0 bridgehead atoms. The van der Waals surface area contributed by atoms with Crippen molar-refractivity contribution >= 4 is 17.5 Å². The van der Waals surface area contributed by atoms with Gasteiger partial charge in [0.25, 0.3) is 0 Å². The maximum Gasteiger partial charge on any atom is 0.331 e. The van der Waals surface area contributed by atoms with Crippen molar-refractivity contribution in [1.82, 2.24) is 0 Å². The topological polar surface area (TPSA) is 80.7 Å². The molecule has 0 saturated heterocycles. The summed E-state index contributed by atoms with van der Waals surface area (Å²) in [5, 5.41) is 9.55. The number of carboxylic acids is 1. The van der Waals surface area contributed by atoms with Crippen LogP contribution in [0, 0.1) is 16.7 Å². The van der Waals surface area contributed by atoms with Crippen LogP contribution in [0.25, 0.3) is 0 Å². The van der Waals surface area contributed by atoms with E-state index in [-0.39, 0.29) is 29.7 Å². The van der Waals surface area contributed by atoms with Gasteiger partial charge in [-0.3, -0.25) is 9.59 Å². The number of aliphatic carboxylic acids is 1. The molecule has 0 aromatic rings. The Hall–Kier alpha value is -2.17. The van der Waals surface area contributed by atoms with Crippen LogP contribution in [0.1, 0.15) is 86.5 Å². The molecule has 1 unspecified atom stereocenters. The Kier molecular flexibility index (Phi) is 6.11. The Labute approximate surface area is 185 Å². The van der Waals surface area contributed by atoms with Crippen molar-refractivity contribution in [2.75, 3.05) is 0 Å². The number of ketones is 2. The zero-order valence-electron chi connectivity index (χ0n) is 19.8. The predicted octanol–water partition coefficient (Wildman–Crippen LogP) is 5.55. The molecule has 0 aromatic carbocycles. The fraction of sp³-hybridized carbons (Fsp3) is 0.654. The number of hydrogen-bond donors (Lipinski definition) is 1. The van der Waals surface area contributed by atoms with E-state index in [0.717, 1.165) is 32.1 Å². The number of carboxylic acid groups (broad SMARTS) is 1. The Balaban J connectivity index is 1.98. The van der Waals surface area contributed by atoms with Crippen LogP contribution in [0.15, 0.2) is 34.6 Å². The molecule has 170 valence electrons. The van der Waals surface area contributed by atoms with Gasteiger partial charge in [-0.25, -0.2) is 4.79 Å². The van der Waals surface area contributed by atoms with Gasteiger partial charge in [0.2, 0.25) is 5.78 Å². The van der Waals surface area contributed by atoms with E-state index in [4.69, 9.17) is 4.74 Å². The number of allylic oxidation sites excluding steroid dienone is 4. The number of ether oxygens (including phenoxy) is 1. The molecular weight excluding hydrogens is 392 g/mol. The molecule has 1 heterocycles. The summed E-state index contributed by atoms with van der Waals surface area (Å²) in [6, 6.07) is 0. The molecule has 5 heteroatoms. The van der Waals surface area contributed by atoms with Crippen LogP contribution < -0.4 is 0 Å². The Morgan fingerprint density at radius 1 is 1.19 bits per heavy atom. The zero-order valence-corrected chi connectivity index (χ0v) is 19.8. The lowest BCUT2D eigenvalue weighted by Gasteiger charge is -2.55. The molecule has 1 aliphatic heterocycles. The summed E-state index contributed by atoms with van der Waals surface area (Å²) >= 11 is 0. The minimum Gasteiger partial charge on any atom is -0.483 e. The Morgan fingerprint density at radius 2 is 1.87 bits per heavy atom. The van der Waals surface area contributed by atoms with Gasteiger partial charge in [0, 0.05) is 28.1 Å². The normalized spacial score (nSPS) is 27.7. The van der Waals surface area contributed by atoms with E-state index in [2.05, 4.69) is 6.92 Å². The van der Waals surface area contributed by atoms with Crippen molar-refractivity contribution in [3.8, 4) is 0 Å². The lowest BCUT2D eigenvalue weighted by atomic mass is 9.55. The lowest BCUT2D eigenvalue weighted by molar-refractivity contribution is -0.145. The van der Waals surface area contributed by atoms with Crippen LogP contribution in [0.2, 0.25) is 0 Å². The van der Waals surface area contributed by atoms with Gasteiger partial charge in [-0.1, -0.05) is 59.5 Å². The van der Waals surface area contributed by atoms with Crippen molar-refractivity contribution in [3.05, 3.63) is 34.6 Å². The number of carbonyl (C=O) groups is 3. The predicted molar refractivity (Wildman–Crippen MR) is 119 cm³/mol. The summed E-state index contributed by atoms with van der Waals surface area (Å²) < 4.78 is 6.29. The smallest absolute Gasteiger partial charge is 0.331 e. The molecule has 0 fully saturated rings. The molecule has 2 atom stereocenters. The summed E-state index contributed by atoms with van der Waals surface area (Å²) in [4.78, 5) is 38.6. The summed E-state index contributed by atoms with van der Waals surface area (Å²) in [7, 11) is 0. The third kappa shape index (κ3) is 3.92. The van der Waals surface area contributed by atoms with Crippen molar-refractivity contribution in [2.24, 2.45) is 16.7 Å². The second-order valence-corrected chi connectivity index (χ2v) is 10.7. The molecule has 3 rings (SSSR count). The fourth-order valence-electron chi connectivity index (χ4n) is 5.33. The van der Waals surface area contributed by atoms with Crippen LogP contribution in [0.5, 0.6) is 0 Å². The van der Waals surface area contributed by atoms with Gasteiger partial charge in [-0.05, 0) is 44.6 Å². The molecule has 31 heavy (non-hydrogen) atoms. The second-order valence-electron chi connectivity index (χ2n) is 10.7. The summed E-state index contributed by atoms with van der Waals surface area (Å²) in [5.74, 6) is -1.60. The third-order valence-electron chi connectivity index (χ3n) is 7.94. The van der Waals surface area contributed by atoms with Crippen LogP contribution in [0.3, 0.4) is 0 Å². The molecular formula is C26H36O5. The minimum atomic E-state index is -0.965. The molecule has 2 aliphatic carbocycles. The highest BCUT2D eigenvalue weighted by Crippen LogP contribution is 2.58. The number of carbonyl (C=O) groups excluding carboxylic acids is 2. The third-order valence-corrected chi connectivity index (χ3v) is 7.94. The summed E-state index contributed by atoms with van der Waals surface area (Å²) in [6.07, 6.45) is 9.22. The van der Waals surface area contributed by atoms with Crippen molar-refractivity contribution in [2.45, 2.75) is 92.1 Å². The number of hydrogen-bond acceptors (Lipinski definition) is 4. The number of Topliss-reactive ketones (excluding diaryl/α,β-unsaturated/α-hetero) is 1. The first-order valence-corrected chi connectivity index (χ1v) is 11.5. The van der Waals surface area contributed by atoms with Crippen molar-refractivity contribution in [3.63, 3.8) is 0 Å². The first kappa shape index (κ1) is 23.5. The molecule has 0 amide bonds. The molecule has 0 spiro atoms. The monoisotopic (exact) mass is 428 g/mol. The average Bonchev–Trinajstić information content (AvgIpc) is 2.67. The SMILES string of the molecule is CCCCCCC(C)(C)C1=CC(=O)C2=C(OC(C)(C)[C@]3(C)CC=C(C(=O)O)CC23)C1=O. The highest BCUT2D eigenvalue weighted by molar-refractivity contribution is 6.22. The van der Waals surface area contributed by atoms with Crippen molar-refractivity contribution < 1.29 is 24.2 Å². The van der Waals surface area contributed by atoms with E-state index in [0.29, 0.717) is 23.1 Å². The van der Waals surface area contributed by atoms with Crippen LogP contribution >= 0.6 is 0 Å². The van der Waals surface area contributed by atoms with Gasteiger partial charge in [0.1, 0.15) is 5.60 Å². The second kappa shape index (κ2) is 8.07. The lowest BCUT2D eigenvalue weighted by Crippen LogP contribution is -2.56. The highest BCUT2D eigenvalue weighted by atomic mass is 16.5. The molecule has 1 N–H and O–H groups in total. The van der Waals surface area contributed by atoms with Crippen LogP contribution in [-0.4, -0.2) is 28.2 Å². The summed E-state index contributed by atoms with van der Waals surface area (Å²) in [6.45, 7) is 12.1. The van der Waals surface area contributed by atoms with Crippen molar-refractivity contribution in [1.29, 1.82) is 0 Å². The standard InChI is InChI=1S/C26H36O5/c1-7-8-9-10-12-24(2,3)18-15-19(27)20-17-14-16(23(29)30)11-13-26(17,6)25(4,5)31-22(20)21(18)28/h11,15,17H,7-10,12-14H2,1-6H3,(H,29,30)/t17?,26-/m1/s1. The number of rotatable bonds is 7. The number of fused-ring (bicyclic) bond motifs is 2. The van der Waals surface area contributed by atoms with Crippen LogP contribution in [0.4, 0.5) is 0 Å². The average molecular weight is 429 g/mol. The first-order chi connectivity index (χ1) is 14.4. The van der Waals surface area contributed by atoms with E-state index in [1.54, 1.807) is 6.08 Å². The van der Waals surface area contributed by atoms with Gasteiger partial charge in [-0.2, -0.15) is 0 Å². The molecule has 0 aromatic heterocycles. The van der Waals surface area contributed by atoms with Gasteiger partial charge in [0.15, 0.2) is 11.5 Å². The van der Waals surface area contributed by atoms with Gasteiger partial charge in [0.05, 0.1) is 0 Å². The minimum absolute atomic E-state index is 0.142. The van der Waals surface area contributed by atoms with E-state index < -0.39 is 22.4 Å². The van der Waals surface area contributed by atoms with Gasteiger partial charge < -0.3 is 9.84 Å². The quantitative estimate of drug-likeness (QED) is 0.425. The maximum atomic E-state index is 13.6. The van der Waals surface area contributed by atoms with E-state index in [9.17, 15) is 19.5 Å².